The third kappa shape index (κ3) is 2.74. The molecular formula is C30H19N3O3. The highest BCUT2D eigenvalue weighted by Crippen LogP contribution is 2.60. The summed E-state index contributed by atoms with van der Waals surface area (Å²) in [6.45, 7) is 0. The minimum Gasteiger partial charge on any atom is -0.455 e. The van der Waals surface area contributed by atoms with Gasteiger partial charge in [-0.25, -0.2) is 0 Å². The average molecular weight is 470 g/mol. The molecule has 2 atom stereocenters. The molecule has 0 radical (unpaired) electrons. The molecule has 172 valence electrons. The third-order valence-electron chi connectivity index (χ3n) is 7.67. The zero-order chi connectivity index (χ0) is 24.4. The van der Waals surface area contributed by atoms with Gasteiger partial charge in [0, 0.05) is 17.4 Å². The van der Waals surface area contributed by atoms with Gasteiger partial charge in [0.2, 0.25) is 0 Å². The summed E-state index contributed by atoms with van der Waals surface area (Å²) in [5.74, 6) is -0.918. The van der Waals surface area contributed by atoms with E-state index >= 15 is 0 Å². The normalized spacial score (nSPS) is 23.5. The van der Waals surface area contributed by atoms with E-state index in [0.29, 0.717) is 22.6 Å². The lowest BCUT2D eigenvalue weighted by atomic mass is 9.55. The van der Waals surface area contributed by atoms with Crippen molar-refractivity contribution in [3.63, 3.8) is 0 Å². The Bertz CT molecular complexity index is 1530. The second-order valence-corrected chi connectivity index (χ2v) is 9.36. The summed E-state index contributed by atoms with van der Waals surface area (Å²) in [5, 5.41) is 14.7. The fourth-order valence-corrected chi connectivity index (χ4v) is 6.25. The standard InChI is InChI=1S/C30H19N3O3/c31-15-17-7-1-2-8-19(17)24-14-13-18(36-24)16-32-33-29(34)27-25-20-9-3-4-10-21(20)26(28(27)30(33)35)23-12-6-5-11-22(23)25/h1-14,16,25-28H/b32-16+. The summed E-state index contributed by atoms with van der Waals surface area (Å²) in [6, 6.07) is 29.0. The van der Waals surface area contributed by atoms with Crippen LogP contribution in [0.5, 0.6) is 0 Å². The number of amides is 2. The number of carbonyl (C=O) groups excluding carboxylic acids is 2. The minimum absolute atomic E-state index is 0.165. The predicted octanol–water partition coefficient (Wildman–Crippen LogP) is 5.04. The van der Waals surface area contributed by atoms with Crippen LogP contribution < -0.4 is 0 Å². The van der Waals surface area contributed by atoms with Gasteiger partial charge in [0.25, 0.3) is 11.8 Å². The molecule has 1 fully saturated rings. The fourth-order valence-electron chi connectivity index (χ4n) is 6.25. The lowest BCUT2D eigenvalue weighted by Crippen LogP contribution is -2.41. The molecule has 4 aromatic rings. The van der Waals surface area contributed by atoms with Gasteiger partial charge in [-0.05, 0) is 46.5 Å². The number of nitriles is 1. The summed E-state index contributed by atoms with van der Waals surface area (Å²) in [5.41, 5.74) is 5.68. The number of hydrogen-bond donors (Lipinski definition) is 0. The summed E-state index contributed by atoms with van der Waals surface area (Å²) in [4.78, 5) is 27.2. The number of rotatable bonds is 3. The highest BCUT2D eigenvalue weighted by molar-refractivity contribution is 6.08. The highest BCUT2D eigenvalue weighted by atomic mass is 16.3. The van der Waals surface area contributed by atoms with E-state index in [-0.39, 0.29) is 23.7 Å². The van der Waals surface area contributed by atoms with E-state index in [1.165, 1.54) is 6.21 Å². The molecule has 6 nitrogen and oxygen atoms in total. The highest BCUT2D eigenvalue weighted by Gasteiger charge is 2.61. The summed E-state index contributed by atoms with van der Waals surface area (Å²) >= 11 is 0. The molecule has 36 heavy (non-hydrogen) atoms. The molecule has 2 amide bonds. The molecule has 0 spiro atoms. The Hall–Kier alpha value is -4.76. The number of hydrazone groups is 1. The lowest BCUT2D eigenvalue weighted by Gasteiger charge is -2.45. The molecular weight excluding hydrogens is 450 g/mol. The fraction of sp³-hybridized carbons (Fsp3) is 0.133. The SMILES string of the molecule is N#Cc1ccccc1-c1ccc(/C=N/N2C(=O)C3C4c5ccccc5C(c5ccccc54)C3C2=O)o1. The minimum atomic E-state index is -0.473. The van der Waals surface area contributed by atoms with Crippen molar-refractivity contribution in [2.75, 3.05) is 0 Å². The Morgan fingerprint density at radius 2 is 1.28 bits per heavy atom. The van der Waals surface area contributed by atoms with E-state index in [1.54, 1.807) is 24.3 Å². The third-order valence-corrected chi connectivity index (χ3v) is 7.67. The first-order valence-electron chi connectivity index (χ1n) is 11.9. The maximum atomic E-state index is 13.6. The van der Waals surface area contributed by atoms with Crippen molar-refractivity contribution >= 4 is 18.0 Å². The average Bonchev–Trinajstić information content (AvgIpc) is 3.50. The van der Waals surface area contributed by atoms with Gasteiger partial charge in [0.05, 0.1) is 29.7 Å². The van der Waals surface area contributed by atoms with Crippen molar-refractivity contribution in [3.05, 3.63) is 119 Å². The number of hydrogen-bond acceptors (Lipinski definition) is 5. The van der Waals surface area contributed by atoms with Crippen molar-refractivity contribution in [2.45, 2.75) is 11.8 Å². The molecule has 0 N–H and O–H groups in total. The van der Waals surface area contributed by atoms with Crippen LogP contribution in [0.15, 0.2) is 94.4 Å². The van der Waals surface area contributed by atoms with Crippen molar-refractivity contribution in [1.82, 2.24) is 5.01 Å². The van der Waals surface area contributed by atoms with E-state index in [4.69, 9.17) is 4.42 Å². The van der Waals surface area contributed by atoms with Crippen LogP contribution in [-0.2, 0) is 9.59 Å². The van der Waals surface area contributed by atoms with Crippen LogP contribution in [0.3, 0.4) is 0 Å². The first kappa shape index (κ1) is 20.6. The number of carbonyl (C=O) groups is 2. The van der Waals surface area contributed by atoms with Crippen molar-refractivity contribution in [1.29, 1.82) is 5.26 Å². The molecule has 6 heteroatoms. The molecule has 3 aliphatic carbocycles. The Morgan fingerprint density at radius 1 is 0.750 bits per heavy atom. The molecule has 4 aliphatic rings. The van der Waals surface area contributed by atoms with E-state index in [9.17, 15) is 14.9 Å². The van der Waals surface area contributed by atoms with Gasteiger partial charge >= 0.3 is 0 Å². The number of imide groups is 1. The predicted molar refractivity (Wildman–Crippen MR) is 132 cm³/mol. The summed E-state index contributed by atoms with van der Waals surface area (Å²) in [6.07, 6.45) is 1.40. The van der Waals surface area contributed by atoms with Gasteiger partial charge < -0.3 is 4.42 Å². The van der Waals surface area contributed by atoms with Gasteiger partial charge in [0.15, 0.2) is 0 Å². The van der Waals surface area contributed by atoms with Gasteiger partial charge in [0.1, 0.15) is 11.5 Å². The molecule has 2 heterocycles. The zero-order valence-electron chi connectivity index (χ0n) is 19.0. The molecule has 1 aromatic heterocycles. The zero-order valence-corrected chi connectivity index (χ0v) is 19.0. The van der Waals surface area contributed by atoms with Crippen LogP contribution >= 0.6 is 0 Å². The van der Waals surface area contributed by atoms with Crippen LogP contribution in [0.4, 0.5) is 0 Å². The van der Waals surface area contributed by atoms with Crippen LogP contribution in [0.1, 0.15) is 45.4 Å². The number of furan rings is 1. The molecule has 3 aromatic carbocycles. The first-order chi connectivity index (χ1) is 17.7. The maximum Gasteiger partial charge on any atom is 0.254 e. The Balaban J connectivity index is 1.24. The van der Waals surface area contributed by atoms with Gasteiger partial charge in [-0.2, -0.15) is 15.4 Å². The van der Waals surface area contributed by atoms with Crippen molar-refractivity contribution in [3.8, 4) is 17.4 Å². The lowest BCUT2D eigenvalue weighted by molar-refractivity contribution is -0.139. The van der Waals surface area contributed by atoms with Gasteiger partial charge in [-0.1, -0.05) is 60.7 Å². The molecule has 8 rings (SSSR count). The maximum absolute atomic E-state index is 13.6. The van der Waals surface area contributed by atoms with Crippen molar-refractivity contribution in [2.24, 2.45) is 16.9 Å². The van der Waals surface area contributed by atoms with Crippen LogP contribution in [-0.4, -0.2) is 23.0 Å². The quantitative estimate of drug-likeness (QED) is 0.311. The topological polar surface area (TPSA) is 86.7 Å². The summed E-state index contributed by atoms with van der Waals surface area (Å²) in [7, 11) is 0. The molecule has 2 unspecified atom stereocenters. The van der Waals surface area contributed by atoms with Gasteiger partial charge in [-0.3, -0.25) is 9.59 Å². The van der Waals surface area contributed by atoms with E-state index in [0.717, 1.165) is 27.3 Å². The van der Waals surface area contributed by atoms with Gasteiger partial charge in [-0.15, -0.1) is 0 Å². The first-order valence-corrected chi connectivity index (χ1v) is 11.9. The van der Waals surface area contributed by atoms with E-state index < -0.39 is 11.8 Å². The second kappa shape index (κ2) is 7.62. The van der Waals surface area contributed by atoms with Crippen molar-refractivity contribution < 1.29 is 14.0 Å². The molecule has 1 aliphatic heterocycles. The van der Waals surface area contributed by atoms with Crippen LogP contribution in [0, 0.1) is 23.2 Å². The van der Waals surface area contributed by atoms with E-state index in [1.807, 2.05) is 36.4 Å². The second-order valence-electron chi connectivity index (χ2n) is 9.36. The van der Waals surface area contributed by atoms with E-state index in [2.05, 4.69) is 35.4 Å². The number of nitrogens with zero attached hydrogens (tertiary/aromatic N) is 3. The number of benzene rings is 3. The Labute approximate surface area is 207 Å². The molecule has 0 saturated carbocycles. The molecule has 1 saturated heterocycles. The summed E-state index contributed by atoms with van der Waals surface area (Å²) < 4.78 is 5.87. The smallest absolute Gasteiger partial charge is 0.254 e. The largest absolute Gasteiger partial charge is 0.455 e. The van der Waals surface area contributed by atoms with Crippen LogP contribution in [0.25, 0.3) is 11.3 Å². The molecule has 2 bridgehead atoms. The van der Waals surface area contributed by atoms with Crippen LogP contribution in [0.2, 0.25) is 0 Å². The Kier molecular flexibility index (Phi) is 4.36. The Morgan fingerprint density at radius 3 is 1.83 bits per heavy atom. The monoisotopic (exact) mass is 469 g/mol.